The average molecular weight is 352 g/mol. The molecule has 0 spiro atoms. The van der Waals surface area contributed by atoms with Crippen molar-refractivity contribution >= 4 is 44.6 Å². The number of hydrogen-bond donors (Lipinski definition) is 1. The Morgan fingerprint density at radius 1 is 1.30 bits per heavy atom. The Labute approximate surface area is 131 Å². The van der Waals surface area contributed by atoms with Crippen LogP contribution in [0.1, 0.15) is 5.56 Å². The minimum absolute atomic E-state index is 0.0101. The fourth-order valence-electron chi connectivity index (χ4n) is 1.61. The molecule has 0 atom stereocenters. The Balaban J connectivity index is 2.20. The van der Waals surface area contributed by atoms with E-state index in [0.29, 0.717) is 10.1 Å². The summed E-state index contributed by atoms with van der Waals surface area (Å²) in [5.41, 5.74) is 0.732. The Morgan fingerprint density at radius 2 is 2.00 bits per heavy atom. The second kappa shape index (κ2) is 6.32. The van der Waals surface area contributed by atoms with Gasteiger partial charge in [-0.15, -0.1) is 11.3 Å². The first-order valence-corrected chi connectivity index (χ1v) is 8.56. The van der Waals surface area contributed by atoms with E-state index in [1.807, 2.05) is 6.07 Å². The highest BCUT2D eigenvalue weighted by atomic mass is 35.5. The van der Waals surface area contributed by atoms with E-state index in [9.17, 15) is 8.42 Å². The Hall–Kier alpha value is -0.790. The molecule has 1 N–H and O–H groups in total. The third-order valence-corrected chi connectivity index (χ3v) is 5.71. The molecule has 20 heavy (non-hydrogen) atoms. The molecule has 0 unspecified atom stereocenters. The van der Waals surface area contributed by atoms with Crippen LogP contribution < -0.4 is 9.46 Å². The zero-order chi connectivity index (χ0) is 14.8. The van der Waals surface area contributed by atoms with E-state index < -0.39 is 10.0 Å². The third kappa shape index (κ3) is 3.45. The molecule has 108 valence electrons. The molecular formula is C12H11Cl2NO3S2. The van der Waals surface area contributed by atoms with Gasteiger partial charge in [0.15, 0.2) is 0 Å². The predicted molar refractivity (Wildman–Crippen MR) is 81.4 cm³/mol. The van der Waals surface area contributed by atoms with Crippen LogP contribution in [0.25, 0.3) is 0 Å². The van der Waals surface area contributed by atoms with E-state index in [-0.39, 0.29) is 15.8 Å². The van der Waals surface area contributed by atoms with Crippen molar-refractivity contribution in [2.24, 2.45) is 0 Å². The van der Waals surface area contributed by atoms with E-state index >= 15 is 0 Å². The van der Waals surface area contributed by atoms with Crippen LogP contribution in [-0.4, -0.2) is 15.5 Å². The molecule has 0 amide bonds. The molecule has 2 rings (SSSR count). The lowest BCUT2D eigenvalue weighted by molar-refractivity contribution is 0.409. The van der Waals surface area contributed by atoms with Crippen molar-refractivity contribution < 1.29 is 13.2 Å². The molecule has 0 aliphatic carbocycles. The standard InChI is InChI=1S/C12H11Cl2NO3S2/c1-18-9-5-3-2-4-8(9)7-15-20(16,17)10-6-11(13)19-12(10)14/h2-6,15H,7H2,1H3. The van der Waals surface area contributed by atoms with E-state index in [2.05, 4.69) is 4.72 Å². The number of methoxy groups -OCH3 is 1. The van der Waals surface area contributed by atoms with E-state index in [4.69, 9.17) is 27.9 Å². The normalized spacial score (nSPS) is 11.6. The molecule has 1 aromatic heterocycles. The summed E-state index contributed by atoms with van der Waals surface area (Å²) in [4.78, 5) is -0.0101. The highest BCUT2D eigenvalue weighted by Gasteiger charge is 2.21. The first-order valence-electron chi connectivity index (χ1n) is 5.50. The van der Waals surface area contributed by atoms with E-state index in [0.717, 1.165) is 16.9 Å². The fourth-order valence-corrected chi connectivity index (χ4v) is 4.76. The smallest absolute Gasteiger partial charge is 0.243 e. The Morgan fingerprint density at radius 3 is 2.60 bits per heavy atom. The monoisotopic (exact) mass is 351 g/mol. The third-order valence-electron chi connectivity index (χ3n) is 2.56. The van der Waals surface area contributed by atoms with Gasteiger partial charge in [0, 0.05) is 12.1 Å². The van der Waals surface area contributed by atoms with Crippen LogP contribution in [0.15, 0.2) is 35.2 Å². The molecule has 0 radical (unpaired) electrons. The van der Waals surface area contributed by atoms with Gasteiger partial charge in [-0.1, -0.05) is 41.4 Å². The minimum atomic E-state index is -3.70. The summed E-state index contributed by atoms with van der Waals surface area (Å²) < 4.78 is 32.4. The summed E-state index contributed by atoms with van der Waals surface area (Å²) >= 11 is 12.6. The van der Waals surface area contributed by atoms with Crippen molar-refractivity contribution in [3.05, 3.63) is 44.6 Å². The lowest BCUT2D eigenvalue weighted by atomic mass is 10.2. The molecular weight excluding hydrogens is 341 g/mol. The van der Waals surface area contributed by atoms with Crippen LogP contribution in [0.2, 0.25) is 8.67 Å². The van der Waals surface area contributed by atoms with Crippen molar-refractivity contribution in [3.8, 4) is 5.75 Å². The zero-order valence-corrected chi connectivity index (χ0v) is 13.5. The quantitative estimate of drug-likeness (QED) is 0.896. The number of hydrogen-bond acceptors (Lipinski definition) is 4. The van der Waals surface area contributed by atoms with Crippen molar-refractivity contribution in [1.82, 2.24) is 4.72 Å². The minimum Gasteiger partial charge on any atom is -0.496 e. The maximum absolute atomic E-state index is 12.2. The summed E-state index contributed by atoms with van der Waals surface area (Å²) in [5, 5.41) is 0. The van der Waals surface area contributed by atoms with E-state index in [1.165, 1.54) is 13.2 Å². The molecule has 0 fully saturated rings. The lowest BCUT2D eigenvalue weighted by Gasteiger charge is -2.09. The van der Waals surface area contributed by atoms with Crippen molar-refractivity contribution in [2.75, 3.05) is 7.11 Å². The highest BCUT2D eigenvalue weighted by molar-refractivity contribution is 7.89. The SMILES string of the molecule is COc1ccccc1CNS(=O)(=O)c1cc(Cl)sc1Cl. The predicted octanol–water partition coefficient (Wildman–Crippen LogP) is 3.54. The van der Waals surface area contributed by atoms with Crippen LogP contribution in [0.5, 0.6) is 5.75 Å². The van der Waals surface area contributed by atoms with Crippen molar-refractivity contribution in [3.63, 3.8) is 0 Å². The van der Waals surface area contributed by atoms with Gasteiger partial charge in [-0.25, -0.2) is 13.1 Å². The molecule has 0 bridgehead atoms. The average Bonchev–Trinajstić information content (AvgIpc) is 2.76. The number of para-hydroxylation sites is 1. The number of ether oxygens (including phenoxy) is 1. The molecule has 2 aromatic rings. The van der Waals surface area contributed by atoms with Gasteiger partial charge in [0.2, 0.25) is 10.0 Å². The van der Waals surface area contributed by atoms with Gasteiger partial charge in [0.1, 0.15) is 15.0 Å². The van der Waals surface area contributed by atoms with Gasteiger partial charge >= 0.3 is 0 Å². The maximum atomic E-state index is 12.2. The van der Waals surface area contributed by atoms with Gasteiger partial charge in [-0.3, -0.25) is 0 Å². The summed E-state index contributed by atoms with van der Waals surface area (Å²) in [5.74, 6) is 0.615. The molecule has 0 saturated carbocycles. The summed E-state index contributed by atoms with van der Waals surface area (Å²) in [6.07, 6.45) is 0. The number of halogens is 2. The maximum Gasteiger partial charge on any atom is 0.243 e. The van der Waals surface area contributed by atoms with Gasteiger partial charge in [0.25, 0.3) is 0 Å². The zero-order valence-electron chi connectivity index (χ0n) is 10.4. The van der Waals surface area contributed by atoms with Crippen LogP contribution in [0.4, 0.5) is 0 Å². The number of thiophene rings is 1. The largest absolute Gasteiger partial charge is 0.496 e. The Bertz CT molecular complexity index is 713. The molecule has 1 aromatic carbocycles. The summed E-state index contributed by atoms with van der Waals surface area (Å²) in [6.45, 7) is 0.107. The van der Waals surface area contributed by atoms with E-state index in [1.54, 1.807) is 18.2 Å². The molecule has 1 heterocycles. The topological polar surface area (TPSA) is 55.4 Å². The molecule has 8 heteroatoms. The second-order valence-electron chi connectivity index (χ2n) is 3.82. The molecule has 0 aliphatic rings. The fraction of sp³-hybridized carbons (Fsp3) is 0.167. The first-order chi connectivity index (χ1) is 9.44. The van der Waals surface area contributed by atoms with Crippen LogP contribution in [-0.2, 0) is 16.6 Å². The van der Waals surface area contributed by atoms with Crippen molar-refractivity contribution in [2.45, 2.75) is 11.4 Å². The molecule has 4 nitrogen and oxygen atoms in total. The first kappa shape index (κ1) is 15.6. The van der Waals surface area contributed by atoms with Gasteiger partial charge in [-0.2, -0.15) is 0 Å². The van der Waals surface area contributed by atoms with Gasteiger partial charge in [0.05, 0.1) is 11.4 Å². The number of nitrogens with one attached hydrogen (secondary N) is 1. The summed E-state index contributed by atoms with van der Waals surface area (Å²) in [6, 6.07) is 8.49. The lowest BCUT2D eigenvalue weighted by Crippen LogP contribution is -2.23. The number of benzene rings is 1. The van der Waals surface area contributed by atoms with Crippen LogP contribution in [0.3, 0.4) is 0 Å². The molecule has 0 saturated heterocycles. The highest BCUT2D eigenvalue weighted by Crippen LogP contribution is 2.34. The number of rotatable bonds is 5. The van der Waals surface area contributed by atoms with Crippen molar-refractivity contribution in [1.29, 1.82) is 0 Å². The van der Waals surface area contributed by atoms with Gasteiger partial charge in [-0.05, 0) is 12.1 Å². The van der Waals surface area contributed by atoms with Gasteiger partial charge < -0.3 is 4.74 Å². The van der Waals surface area contributed by atoms with Crippen LogP contribution >= 0.6 is 34.5 Å². The second-order valence-corrected chi connectivity index (χ2v) is 7.85. The molecule has 0 aliphatic heterocycles. The van der Waals surface area contributed by atoms with Crippen LogP contribution in [0, 0.1) is 0 Å². The summed E-state index contributed by atoms with van der Waals surface area (Å²) in [7, 11) is -2.17. The Kier molecular flexibility index (Phi) is 4.93. The number of sulfonamides is 1.